The number of hydrogen-bond acceptors (Lipinski definition) is 3. The summed E-state index contributed by atoms with van der Waals surface area (Å²) >= 11 is 6.03. The summed E-state index contributed by atoms with van der Waals surface area (Å²) in [5, 5.41) is 0.585. The maximum atomic E-state index is 12.5. The van der Waals surface area contributed by atoms with Gasteiger partial charge >= 0.3 is 0 Å². The summed E-state index contributed by atoms with van der Waals surface area (Å²) in [5.41, 5.74) is 2.01. The normalized spacial score (nSPS) is 14.2. The van der Waals surface area contributed by atoms with Crippen molar-refractivity contribution in [2.75, 3.05) is 33.3 Å². The van der Waals surface area contributed by atoms with Gasteiger partial charge in [-0.3, -0.25) is 9.59 Å². The second-order valence-corrected chi connectivity index (χ2v) is 7.70. The zero-order chi connectivity index (χ0) is 21.3. The molecule has 1 fully saturated rings. The summed E-state index contributed by atoms with van der Waals surface area (Å²) in [7, 11) is 1.58. The third kappa shape index (κ3) is 6.10. The van der Waals surface area contributed by atoms with Crippen LogP contribution in [0.25, 0.3) is 6.08 Å². The molecule has 30 heavy (non-hydrogen) atoms. The number of carbonyl (C=O) groups excluding carboxylic acids is 2. The molecule has 0 radical (unpaired) electrons. The number of carbonyl (C=O) groups is 2. The standard InChI is InChI=1S/C24H27ClN2O3/c1-30-22-12-11-21(25)18-20(22)10-13-24(29)27-16-14-26(15-17-27)23(28)9-5-8-19-6-3-2-4-7-19/h2-4,6-7,10-13,18H,5,8-9,14-17H2,1H3/b13-10+. The molecule has 0 bridgehead atoms. The zero-order valence-corrected chi connectivity index (χ0v) is 18.0. The number of piperazine rings is 1. The molecule has 158 valence electrons. The number of amides is 2. The third-order valence-electron chi connectivity index (χ3n) is 5.24. The van der Waals surface area contributed by atoms with Crippen LogP contribution in [0.15, 0.2) is 54.6 Å². The second kappa shape index (κ2) is 10.8. The molecule has 0 aliphatic carbocycles. The number of nitrogens with zero attached hydrogens (tertiary/aromatic N) is 2. The van der Waals surface area contributed by atoms with Crippen molar-refractivity contribution >= 4 is 29.5 Å². The zero-order valence-electron chi connectivity index (χ0n) is 17.2. The minimum absolute atomic E-state index is 0.0757. The van der Waals surface area contributed by atoms with Gasteiger partial charge in [-0.15, -0.1) is 0 Å². The smallest absolute Gasteiger partial charge is 0.246 e. The molecule has 6 heteroatoms. The Morgan fingerprint density at radius 3 is 2.43 bits per heavy atom. The molecule has 0 atom stereocenters. The Morgan fingerprint density at radius 2 is 1.73 bits per heavy atom. The third-order valence-corrected chi connectivity index (χ3v) is 5.48. The molecule has 3 rings (SSSR count). The van der Waals surface area contributed by atoms with Gasteiger partial charge in [-0.25, -0.2) is 0 Å². The summed E-state index contributed by atoms with van der Waals surface area (Å²) in [6.07, 6.45) is 5.53. The summed E-state index contributed by atoms with van der Waals surface area (Å²) in [4.78, 5) is 28.6. The van der Waals surface area contributed by atoms with E-state index in [4.69, 9.17) is 16.3 Å². The summed E-state index contributed by atoms with van der Waals surface area (Å²) < 4.78 is 5.30. The van der Waals surface area contributed by atoms with Gasteiger partial charge in [0.05, 0.1) is 7.11 Å². The van der Waals surface area contributed by atoms with Gasteiger partial charge in [0.2, 0.25) is 11.8 Å². The maximum absolute atomic E-state index is 12.5. The summed E-state index contributed by atoms with van der Waals surface area (Å²) in [6.45, 7) is 2.23. The van der Waals surface area contributed by atoms with Crippen LogP contribution in [-0.2, 0) is 16.0 Å². The molecule has 2 aromatic carbocycles. The van der Waals surface area contributed by atoms with Gasteiger partial charge in [-0.2, -0.15) is 0 Å². The first kappa shape index (κ1) is 21.9. The van der Waals surface area contributed by atoms with E-state index in [-0.39, 0.29) is 11.8 Å². The highest BCUT2D eigenvalue weighted by molar-refractivity contribution is 6.30. The first-order valence-electron chi connectivity index (χ1n) is 10.2. The molecule has 1 saturated heterocycles. The van der Waals surface area contributed by atoms with E-state index in [2.05, 4.69) is 12.1 Å². The quantitative estimate of drug-likeness (QED) is 0.627. The van der Waals surface area contributed by atoms with E-state index in [0.717, 1.165) is 18.4 Å². The van der Waals surface area contributed by atoms with Crippen LogP contribution in [0.4, 0.5) is 0 Å². The molecule has 0 spiro atoms. The average molecular weight is 427 g/mol. The Hall–Kier alpha value is -2.79. The van der Waals surface area contributed by atoms with Gasteiger partial charge in [0.15, 0.2) is 0 Å². The van der Waals surface area contributed by atoms with Gasteiger partial charge in [-0.05, 0) is 42.7 Å². The van der Waals surface area contributed by atoms with Crippen molar-refractivity contribution in [2.45, 2.75) is 19.3 Å². The second-order valence-electron chi connectivity index (χ2n) is 7.26. The molecule has 1 aliphatic rings. The maximum Gasteiger partial charge on any atom is 0.246 e. The SMILES string of the molecule is COc1ccc(Cl)cc1/C=C/C(=O)N1CCN(C(=O)CCCc2ccccc2)CC1. The average Bonchev–Trinajstić information content (AvgIpc) is 2.78. The van der Waals surface area contributed by atoms with E-state index in [9.17, 15) is 9.59 Å². The Kier molecular flexibility index (Phi) is 7.91. The van der Waals surface area contributed by atoms with E-state index < -0.39 is 0 Å². The number of halogens is 1. The van der Waals surface area contributed by atoms with Gasteiger partial charge in [0.25, 0.3) is 0 Å². The topological polar surface area (TPSA) is 49.9 Å². The van der Waals surface area contributed by atoms with Crippen LogP contribution in [0.5, 0.6) is 5.75 Å². The van der Waals surface area contributed by atoms with Crippen molar-refractivity contribution in [3.63, 3.8) is 0 Å². The first-order valence-corrected chi connectivity index (χ1v) is 10.6. The molecule has 1 heterocycles. The number of hydrogen-bond donors (Lipinski definition) is 0. The van der Waals surface area contributed by atoms with Crippen LogP contribution in [0.2, 0.25) is 5.02 Å². The number of rotatable bonds is 7. The highest BCUT2D eigenvalue weighted by Crippen LogP contribution is 2.24. The van der Waals surface area contributed by atoms with E-state index in [1.165, 1.54) is 11.6 Å². The fourth-order valence-corrected chi connectivity index (χ4v) is 3.71. The molecule has 0 N–H and O–H groups in total. The van der Waals surface area contributed by atoms with Crippen molar-refractivity contribution < 1.29 is 14.3 Å². The van der Waals surface area contributed by atoms with Crippen LogP contribution >= 0.6 is 11.6 Å². The molecule has 1 aliphatic heterocycles. The van der Waals surface area contributed by atoms with Gasteiger partial charge in [0.1, 0.15) is 5.75 Å². The fourth-order valence-electron chi connectivity index (χ4n) is 3.52. The van der Waals surface area contributed by atoms with E-state index in [0.29, 0.717) is 43.4 Å². The van der Waals surface area contributed by atoms with Crippen LogP contribution in [0.3, 0.4) is 0 Å². The van der Waals surface area contributed by atoms with Crippen LogP contribution in [0.1, 0.15) is 24.0 Å². The molecule has 0 unspecified atom stereocenters. The Balaban J connectivity index is 1.45. The van der Waals surface area contributed by atoms with E-state index in [1.807, 2.05) is 23.1 Å². The Morgan fingerprint density at radius 1 is 1.03 bits per heavy atom. The first-order chi connectivity index (χ1) is 14.6. The highest BCUT2D eigenvalue weighted by Gasteiger charge is 2.22. The van der Waals surface area contributed by atoms with E-state index >= 15 is 0 Å². The van der Waals surface area contributed by atoms with Crippen molar-refractivity contribution in [1.29, 1.82) is 0 Å². The lowest BCUT2D eigenvalue weighted by molar-refractivity contribution is -0.137. The Labute approximate surface area is 182 Å². The molecule has 2 amide bonds. The largest absolute Gasteiger partial charge is 0.496 e. The number of methoxy groups -OCH3 is 1. The minimum Gasteiger partial charge on any atom is -0.496 e. The van der Waals surface area contributed by atoms with Crippen LogP contribution in [-0.4, -0.2) is 54.9 Å². The molecule has 0 aromatic heterocycles. The van der Waals surface area contributed by atoms with Crippen molar-refractivity contribution in [3.05, 3.63) is 70.8 Å². The summed E-state index contributed by atoms with van der Waals surface area (Å²) in [5.74, 6) is 0.750. The Bertz CT molecular complexity index is 891. The van der Waals surface area contributed by atoms with Crippen molar-refractivity contribution in [3.8, 4) is 5.75 Å². The van der Waals surface area contributed by atoms with E-state index in [1.54, 1.807) is 36.3 Å². The van der Waals surface area contributed by atoms with Crippen LogP contribution in [0, 0.1) is 0 Å². The lowest BCUT2D eigenvalue weighted by Gasteiger charge is -2.34. The van der Waals surface area contributed by atoms with Gasteiger partial charge < -0.3 is 14.5 Å². The van der Waals surface area contributed by atoms with Crippen molar-refractivity contribution in [2.24, 2.45) is 0 Å². The fraction of sp³-hybridized carbons (Fsp3) is 0.333. The molecule has 0 saturated carbocycles. The lowest BCUT2D eigenvalue weighted by atomic mass is 10.1. The molecular formula is C24H27ClN2O3. The molecule has 5 nitrogen and oxygen atoms in total. The highest BCUT2D eigenvalue weighted by atomic mass is 35.5. The summed E-state index contributed by atoms with van der Waals surface area (Å²) in [6, 6.07) is 15.5. The van der Waals surface area contributed by atoms with Gasteiger partial charge in [-0.1, -0.05) is 41.9 Å². The monoisotopic (exact) mass is 426 g/mol. The number of benzene rings is 2. The minimum atomic E-state index is -0.0757. The predicted octanol–water partition coefficient (Wildman–Crippen LogP) is 4.06. The van der Waals surface area contributed by atoms with Gasteiger partial charge in [0, 0.05) is 49.3 Å². The molecular weight excluding hydrogens is 400 g/mol. The van der Waals surface area contributed by atoms with Crippen molar-refractivity contribution in [1.82, 2.24) is 9.80 Å². The molecule has 2 aromatic rings. The lowest BCUT2D eigenvalue weighted by Crippen LogP contribution is -2.50. The van der Waals surface area contributed by atoms with Crippen LogP contribution < -0.4 is 4.74 Å². The predicted molar refractivity (Wildman–Crippen MR) is 120 cm³/mol. The number of aryl methyl sites for hydroxylation is 1. The number of ether oxygens (including phenoxy) is 1.